The molecule has 4 nitrogen and oxygen atoms in total. The standard InChI is InChI=1S/C13H17NO3/c1-9-6-11(2-3-12(9)13(15)16)14-7-10-4-5-17-8-10/h2-3,6,10,14H,4-5,7-8H2,1H3,(H,15,16). The predicted octanol–water partition coefficient (Wildman–Crippen LogP) is 2.14. The van der Waals surface area contributed by atoms with Gasteiger partial charge < -0.3 is 15.2 Å². The van der Waals surface area contributed by atoms with E-state index >= 15 is 0 Å². The van der Waals surface area contributed by atoms with Crippen LogP contribution in [0.3, 0.4) is 0 Å². The molecule has 1 aliphatic rings. The van der Waals surface area contributed by atoms with Crippen molar-refractivity contribution in [1.29, 1.82) is 0 Å². The molecule has 1 aliphatic heterocycles. The minimum absolute atomic E-state index is 0.361. The SMILES string of the molecule is Cc1cc(NCC2CCOC2)ccc1C(=O)O. The first-order chi connectivity index (χ1) is 8.16. The van der Waals surface area contributed by atoms with Crippen molar-refractivity contribution < 1.29 is 14.6 Å². The molecule has 2 rings (SSSR count). The van der Waals surface area contributed by atoms with Gasteiger partial charge in [0.1, 0.15) is 0 Å². The van der Waals surface area contributed by atoms with Gasteiger partial charge in [0.05, 0.1) is 12.2 Å². The fraction of sp³-hybridized carbons (Fsp3) is 0.462. The van der Waals surface area contributed by atoms with E-state index in [0.717, 1.165) is 37.4 Å². The van der Waals surface area contributed by atoms with Crippen LogP contribution in [0.15, 0.2) is 18.2 Å². The second-order valence-corrected chi connectivity index (χ2v) is 4.45. The first-order valence-electron chi connectivity index (χ1n) is 5.82. The first kappa shape index (κ1) is 11.9. The Morgan fingerprint density at radius 2 is 2.41 bits per heavy atom. The van der Waals surface area contributed by atoms with Crippen molar-refractivity contribution in [2.45, 2.75) is 13.3 Å². The van der Waals surface area contributed by atoms with Gasteiger partial charge in [-0.3, -0.25) is 0 Å². The molecule has 1 aromatic rings. The van der Waals surface area contributed by atoms with Gasteiger partial charge in [-0.2, -0.15) is 0 Å². The van der Waals surface area contributed by atoms with Crippen LogP contribution in [0, 0.1) is 12.8 Å². The largest absolute Gasteiger partial charge is 0.478 e. The fourth-order valence-corrected chi connectivity index (χ4v) is 2.02. The normalized spacial score (nSPS) is 19.2. The van der Waals surface area contributed by atoms with E-state index < -0.39 is 5.97 Å². The maximum Gasteiger partial charge on any atom is 0.335 e. The molecule has 0 radical (unpaired) electrons. The lowest BCUT2D eigenvalue weighted by Gasteiger charge is -2.12. The average molecular weight is 235 g/mol. The Morgan fingerprint density at radius 1 is 1.59 bits per heavy atom. The van der Waals surface area contributed by atoms with Crippen LogP contribution in [-0.2, 0) is 4.74 Å². The topological polar surface area (TPSA) is 58.6 Å². The molecule has 1 unspecified atom stereocenters. The van der Waals surface area contributed by atoms with Crippen LogP contribution in [0.5, 0.6) is 0 Å². The summed E-state index contributed by atoms with van der Waals surface area (Å²) < 4.78 is 5.30. The Labute approximate surface area is 101 Å². The highest BCUT2D eigenvalue weighted by molar-refractivity contribution is 5.89. The average Bonchev–Trinajstić information content (AvgIpc) is 2.78. The highest BCUT2D eigenvalue weighted by Gasteiger charge is 2.15. The van der Waals surface area contributed by atoms with E-state index in [-0.39, 0.29) is 0 Å². The summed E-state index contributed by atoms with van der Waals surface area (Å²) in [6.07, 6.45) is 1.10. The Hall–Kier alpha value is -1.55. The van der Waals surface area contributed by atoms with Crippen molar-refractivity contribution in [1.82, 2.24) is 0 Å². The Bertz CT molecular complexity index is 411. The van der Waals surface area contributed by atoms with Gasteiger partial charge in [-0.15, -0.1) is 0 Å². The zero-order chi connectivity index (χ0) is 12.3. The second kappa shape index (κ2) is 5.19. The third-order valence-electron chi connectivity index (χ3n) is 3.08. The van der Waals surface area contributed by atoms with Crippen LogP contribution in [0.1, 0.15) is 22.3 Å². The smallest absolute Gasteiger partial charge is 0.335 e. The molecule has 1 fully saturated rings. The quantitative estimate of drug-likeness (QED) is 0.839. The minimum Gasteiger partial charge on any atom is -0.478 e. The van der Waals surface area contributed by atoms with E-state index in [4.69, 9.17) is 9.84 Å². The van der Waals surface area contributed by atoms with E-state index in [2.05, 4.69) is 5.32 Å². The van der Waals surface area contributed by atoms with E-state index in [1.165, 1.54) is 0 Å². The lowest BCUT2D eigenvalue weighted by Crippen LogP contribution is -2.14. The molecule has 0 saturated carbocycles. The maximum absolute atomic E-state index is 10.9. The van der Waals surface area contributed by atoms with Crippen molar-refractivity contribution in [3.05, 3.63) is 29.3 Å². The molecule has 0 aromatic heterocycles. The molecule has 0 aliphatic carbocycles. The molecule has 1 saturated heterocycles. The van der Waals surface area contributed by atoms with Gasteiger partial charge in [-0.25, -0.2) is 4.79 Å². The van der Waals surface area contributed by atoms with Crippen LogP contribution >= 0.6 is 0 Å². The number of carboxylic acids is 1. The first-order valence-corrected chi connectivity index (χ1v) is 5.82. The van der Waals surface area contributed by atoms with Gasteiger partial charge in [-0.1, -0.05) is 0 Å². The van der Waals surface area contributed by atoms with Gasteiger partial charge >= 0.3 is 5.97 Å². The molecule has 0 spiro atoms. The Morgan fingerprint density at radius 3 is 3.00 bits per heavy atom. The van der Waals surface area contributed by atoms with Gasteiger partial charge in [0.25, 0.3) is 0 Å². The zero-order valence-corrected chi connectivity index (χ0v) is 9.90. The molecular formula is C13H17NO3. The van der Waals surface area contributed by atoms with Crippen LogP contribution in [0.25, 0.3) is 0 Å². The van der Waals surface area contributed by atoms with Crippen LogP contribution < -0.4 is 5.32 Å². The van der Waals surface area contributed by atoms with Crippen molar-refractivity contribution in [2.75, 3.05) is 25.1 Å². The monoisotopic (exact) mass is 235 g/mol. The minimum atomic E-state index is -0.877. The summed E-state index contributed by atoms with van der Waals surface area (Å²) in [5.41, 5.74) is 2.12. The summed E-state index contributed by atoms with van der Waals surface area (Å²) in [6, 6.07) is 5.33. The number of hydrogen-bond donors (Lipinski definition) is 2. The summed E-state index contributed by atoms with van der Waals surface area (Å²) in [5.74, 6) is -0.312. The molecule has 92 valence electrons. The number of benzene rings is 1. The highest BCUT2D eigenvalue weighted by atomic mass is 16.5. The number of rotatable bonds is 4. The number of aryl methyl sites for hydroxylation is 1. The van der Waals surface area contributed by atoms with Gasteiger partial charge in [-0.05, 0) is 37.1 Å². The third kappa shape index (κ3) is 2.97. The number of carboxylic acid groups (broad SMARTS) is 1. The summed E-state index contributed by atoms with van der Waals surface area (Å²) in [5, 5.41) is 12.2. The van der Waals surface area contributed by atoms with E-state index in [1.807, 2.05) is 19.1 Å². The summed E-state index contributed by atoms with van der Waals surface area (Å²) in [7, 11) is 0. The molecular weight excluding hydrogens is 218 g/mol. The number of ether oxygens (including phenoxy) is 1. The molecule has 4 heteroatoms. The fourth-order valence-electron chi connectivity index (χ4n) is 2.02. The summed E-state index contributed by atoms with van der Waals surface area (Å²) >= 11 is 0. The Kier molecular flexibility index (Phi) is 3.64. The molecule has 2 N–H and O–H groups in total. The third-order valence-corrected chi connectivity index (χ3v) is 3.08. The summed E-state index contributed by atoms with van der Waals surface area (Å²) in [6.45, 7) is 4.36. The van der Waals surface area contributed by atoms with Crippen molar-refractivity contribution in [2.24, 2.45) is 5.92 Å². The van der Waals surface area contributed by atoms with Gasteiger partial charge in [0.2, 0.25) is 0 Å². The molecule has 0 amide bonds. The highest BCUT2D eigenvalue weighted by Crippen LogP contribution is 2.17. The number of nitrogens with one attached hydrogen (secondary N) is 1. The molecule has 17 heavy (non-hydrogen) atoms. The van der Waals surface area contributed by atoms with Crippen LogP contribution in [0.4, 0.5) is 5.69 Å². The predicted molar refractivity (Wildman–Crippen MR) is 65.6 cm³/mol. The lowest BCUT2D eigenvalue weighted by molar-refractivity contribution is 0.0696. The van der Waals surface area contributed by atoms with Crippen molar-refractivity contribution in [3.8, 4) is 0 Å². The van der Waals surface area contributed by atoms with Crippen molar-refractivity contribution >= 4 is 11.7 Å². The number of aromatic carboxylic acids is 1. The number of anilines is 1. The van der Waals surface area contributed by atoms with Crippen molar-refractivity contribution in [3.63, 3.8) is 0 Å². The van der Waals surface area contributed by atoms with Gasteiger partial charge in [0.15, 0.2) is 0 Å². The van der Waals surface area contributed by atoms with Crippen LogP contribution in [-0.4, -0.2) is 30.8 Å². The van der Waals surface area contributed by atoms with Gasteiger partial charge in [0, 0.05) is 24.8 Å². The van der Waals surface area contributed by atoms with E-state index in [9.17, 15) is 4.79 Å². The lowest BCUT2D eigenvalue weighted by atomic mass is 10.1. The van der Waals surface area contributed by atoms with E-state index in [1.54, 1.807) is 6.07 Å². The Balaban J connectivity index is 1.97. The molecule has 1 aromatic carbocycles. The summed E-state index contributed by atoms with van der Waals surface area (Å²) in [4.78, 5) is 10.9. The van der Waals surface area contributed by atoms with Crippen LogP contribution in [0.2, 0.25) is 0 Å². The maximum atomic E-state index is 10.9. The molecule has 1 atom stereocenters. The molecule has 1 heterocycles. The number of carbonyl (C=O) groups is 1. The number of hydrogen-bond acceptors (Lipinski definition) is 3. The molecule has 0 bridgehead atoms. The van der Waals surface area contributed by atoms with E-state index in [0.29, 0.717) is 11.5 Å². The zero-order valence-electron chi connectivity index (χ0n) is 9.90. The second-order valence-electron chi connectivity index (χ2n) is 4.45.